The van der Waals surface area contributed by atoms with E-state index in [9.17, 15) is 0 Å². The zero-order valence-corrected chi connectivity index (χ0v) is 11.7. The summed E-state index contributed by atoms with van der Waals surface area (Å²) in [6.07, 6.45) is 1.19. The zero-order valence-electron chi connectivity index (χ0n) is 11.7. The average molecular weight is 251 g/mol. The van der Waals surface area contributed by atoms with Crippen LogP contribution in [0.2, 0.25) is 0 Å². The minimum Gasteiger partial charge on any atom is -0.302 e. The van der Waals surface area contributed by atoms with Gasteiger partial charge in [-0.1, -0.05) is 60.7 Å². The summed E-state index contributed by atoms with van der Waals surface area (Å²) < 4.78 is 0. The van der Waals surface area contributed by atoms with Crippen LogP contribution in [0, 0.1) is 0 Å². The van der Waals surface area contributed by atoms with Crippen molar-refractivity contribution >= 4 is 0 Å². The molecule has 1 nitrogen and oxygen atoms in total. The Labute approximate surface area is 115 Å². The summed E-state index contributed by atoms with van der Waals surface area (Å²) in [5, 5.41) is 0. The summed E-state index contributed by atoms with van der Waals surface area (Å²) in [7, 11) is 2.23. The van der Waals surface area contributed by atoms with E-state index >= 15 is 0 Å². The van der Waals surface area contributed by atoms with Crippen LogP contribution >= 0.6 is 0 Å². The molecule has 1 atom stereocenters. The van der Waals surface area contributed by atoms with E-state index < -0.39 is 0 Å². The molecule has 1 saturated heterocycles. The maximum atomic E-state index is 2.47. The van der Waals surface area contributed by atoms with Crippen LogP contribution in [-0.4, -0.2) is 24.5 Å². The predicted octanol–water partition coefficient (Wildman–Crippen LogP) is 3.70. The molecule has 2 aromatic rings. The van der Waals surface area contributed by atoms with Crippen molar-refractivity contribution in [1.82, 2.24) is 4.90 Å². The van der Waals surface area contributed by atoms with Crippen LogP contribution < -0.4 is 0 Å². The van der Waals surface area contributed by atoms with Crippen LogP contribution in [0.5, 0.6) is 0 Å². The van der Waals surface area contributed by atoms with E-state index in [-0.39, 0.29) is 5.41 Å². The molecule has 0 saturated carbocycles. The first-order valence-electron chi connectivity index (χ1n) is 7.04. The van der Waals surface area contributed by atoms with Gasteiger partial charge in [0.05, 0.1) is 0 Å². The van der Waals surface area contributed by atoms with Gasteiger partial charge in [0.25, 0.3) is 0 Å². The Hall–Kier alpha value is -1.60. The van der Waals surface area contributed by atoms with Crippen molar-refractivity contribution in [3.63, 3.8) is 0 Å². The lowest BCUT2D eigenvalue weighted by atomic mass is 9.73. The van der Waals surface area contributed by atoms with Gasteiger partial charge in [0.1, 0.15) is 0 Å². The standard InChI is InChI=1S/C18H21N/c1-15-13-18(14-19(15)2,16-9-5-3-6-10-16)17-11-7-4-8-12-17/h3-12,15H,13-14H2,1-2H3. The first kappa shape index (κ1) is 12.4. The van der Waals surface area contributed by atoms with Crippen molar-refractivity contribution in [2.24, 2.45) is 0 Å². The van der Waals surface area contributed by atoms with Crippen molar-refractivity contribution in [2.75, 3.05) is 13.6 Å². The lowest BCUT2D eigenvalue weighted by Gasteiger charge is -2.30. The van der Waals surface area contributed by atoms with Crippen LogP contribution in [-0.2, 0) is 5.41 Å². The highest BCUT2D eigenvalue weighted by atomic mass is 15.2. The Bertz CT molecular complexity index is 481. The molecule has 1 fully saturated rings. The molecule has 2 aromatic carbocycles. The third-order valence-electron chi connectivity index (χ3n) is 4.57. The second-order valence-electron chi connectivity index (χ2n) is 5.78. The third kappa shape index (κ3) is 2.08. The van der Waals surface area contributed by atoms with Crippen LogP contribution in [0.3, 0.4) is 0 Å². The van der Waals surface area contributed by atoms with E-state index in [4.69, 9.17) is 0 Å². The monoisotopic (exact) mass is 251 g/mol. The summed E-state index contributed by atoms with van der Waals surface area (Å²) in [6.45, 7) is 3.43. The van der Waals surface area contributed by atoms with Gasteiger partial charge in [-0.2, -0.15) is 0 Å². The van der Waals surface area contributed by atoms with Crippen LogP contribution in [0.15, 0.2) is 60.7 Å². The van der Waals surface area contributed by atoms with E-state index in [1.165, 1.54) is 17.5 Å². The summed E-state index contributed by atoms with van der Waals surface area (Å²) in [5.74, 6) is 0. The van der Waals surface area contributed by atoms with Crippen molar-refractivity contribution in [1.29, 1.82) is 0 Å². The first-order chi connectivity index (χ1) is 9.22. The van der Waals surface area contributed by atoms with E-state index in [0.29, 0.717) is 6.04 Å². The van der Waals surface area contributed by atoms with Gasteiger partial charge in [0.2, 0.25) is 0 Å². The second-order valence-corrected chi connectivity index (χ2v) is 5.78. The smallest absolute Gasteiger partial charge is 0.0344 e. The van der Waals surface area contributed by atoms with Crippen molar-refractivity contribution in [3.05, 3.63) is 71.8 Å². The molecule has 0 radical (unpaired) electrons. The number of benzene rings is 2. The van der Waals surface area contributed by atoms with Gasteiger partial charge in [-0.3, -0.25) is 0 Å². The van der Waals surface area contributed by atoms with Gasteiger partial charge in [-0.15, -0.1) is 0 Å². The van der Waals surface area contributed by atoms with E-state index in [1.54, 1.807) is 0 Å². The fourth-order valence-electron chi connectivity index (χ4n) is 3.41. The summed E-state index contributed by atoms with van der Waals surface area (Å²) in [6, 6.07) is 22.6. The van der Waals surface area contributed by atoms with Crippen molar-refractivity contribution in [2.45, 2.75) is 24.8 Å². The van der Waals surface area contributed by atoms with Crippen LogP contribution in [0.4, 0.5) is 0 Å². The molecule has 19 heavy (non-hydrogen) atoms. The number of likely N-dealkylation sites (N-methyl/N-ethyl adjacent to an activating group) is 1. The van der Waals surface area contributed by atoms with Gasteiger partial charge in [0.15, 0.2) is 0 Å². The van der Waals surface area contributed by atoms with Crippen molar-refractivity contribution in [3.8, 4) is 0 Å². The highest BCUT2D eigenvalue weighted by molar-refractivity contribution is 5.41. The third-order valence-corrected chi connectivity index (χ3v) is 4.57. The van der Waals surface area contributed by atoms with Gasteiger partial charge in [-0.05, 0) is 31.5 Å². The van der Waals surface area contributed by atoms with E-state index in [2.05, 4.69) is 79.5 Å². The second kappa shape index (κ2) is 4.82. The number of hydrogen-bond donors (Lipinski definition) is 0. The molecule has 1 aliphatic heterocycles. The zero-order chi connectivity index (χ0) is 13.3. The van der Waals surface area contributed by atoms with E-state index in [0.717, 1.165) is 6.54 Å². The van der Waals surface area contributed by atoms with Gasteiger partial charge in [0, 0.05) is 18.0 Å². The molecule has 1 unspecified atom stereocenters. The Morgan fingerprint density at radius 1 is 0.895 bits per heavy atom. The number of nitrogens with zero attached hydrogens (tertiary/aromatic N) is 1. The Morgan fingerprint density at radius 2 is 1.37 bits per heavy atom. The topological polar surface area (TPSA) is 3.24 Å². The largest absolute Gasteiger partial charge is 0.302 e. The fourth-order valence-corrected chi connectivity index (χ4v) is 3.41. The number of likely N-dealkylation sites (tertiary alicyclic amines) is 1. The van der Waals surface area contributed by atoms with Crippen molar-refractivity contribution < 1.29 is 0 Å². The van der Waals surface area contributed by atoms with E-state index in [1.807, 2.05) is 0 Å². The summed E-state index contributed by atoms with van der Waals surface area (Å²) >= 11 is 0. The van der Waals surface area contributed by atoms with Gasteiger partial charge < -0.3 is 4.90 Å². The molecule has 0 aromatic heterocycles. The Kier molecular flexibility index (Phi) is 3.16. The maximum Gasteiger partial charge on any atom is 0.0344 e. The van der Waals surface area contributed by atoms with Crippen LogP contribution in [0.25, 0.3) is 0 Å². The number of hydrogen-bond acceptors (Lipinski definition) is 1. The highest BCUT2D eigenvalue weighted by Crippen LogP contribution is 2.42. The van der Waals surface area contributed by atoms with Gasteiger partial charge >= 0.3 is 0 Å². The Morgan fingerprint density at radius 3 is 1.74 bits per heavy atom. The average Bonchev–Trinajstić information content (AvgIpc) is 2.78. The lowest BCUT2D eigenvalue weighted by Crippen LogP contribution is -2.31. The molecule has 0 spiro atoms. The molecule has 1 heterocycles. The maximum absolute atomic E-state index is 2.47. The molecule has 0 amide bonds. The molecule has 3 rings (SSSR count). The fraction of sp³-hybridized carbons (Fsp3) is 0.333. The predicted molar refractivity (Wildman–Crippen MR) is 80.4 cm³/mol. The van der Waals surface area contributed by atoms with Crippen LogP contribution in [0.1, 0.15) is 24.5 Å². The molecule has 1 aliphatic rings. The minimum absolute atomic E-state index is 0.149. The lowest BCUT2D eigenvalue weighted by molar-refractivity contribution is 0.324. The van der Waals surface area contributed by atoms with Gasteiger partial charge in [-0.25, -0.2) is 0 Å². The molecular formula is C18H21N. The SMILES string of the molecule is CC1CC(c2ccccc2)(c2ccccc2)CN1C. The molecule has 0 bridgehead atoms. The normalized spacial score (nSPS) is 22.5. The minimum atomic E-state index is 0.149. The summed E-state index contributed by atoms with van der Waals surface area (Å²) in [4.78, 5) is 2.47. The highest BCUT2D eigenvalue weighted by Gasteiger charge is 2.43. The number of rotatable bonds is 2. The molecule has 0 N–H and O–H groups in total. The quantitative estimate of drug-likeness (QED) is 0.786. The molecular weight excluding hydrogens is 230 g/mol. The molecule has 1 heteroatoms. The molecule has 0 aliphatic carbocycles. The first-order valence-corrected chi connectivity index (χ1v) is 7.04. The Balaban J connectivity index is 2.13. The summed E-state index contributed by atoms with van der Waals surface area (Å²) in [5.41, 5.74) is 3.03. The molecule has 98 valence electrons.